The van der Waals surface area contributed by atoms with Crippen LogP contribution in [0.2, 0.25) is 0 Å². The number of rotatable bonds is 4. The third kappa shape index (κ3) is 4.68. The Bertz CT molecular complexity index is 383. The summed E-state index contributed by atoms with van der Waals surface area (Å²) in [6.45, 7) is 7.69. The van der Waals surface area contributed by atoms with Crippen LogP contribution in [0.1, 0.15) is 46.0 Å². The summed E-state index contributed by atoms with van der Waals surface area (Å²) in [5.74, 6) is 0.174. The number of carbonyl (C=O) groups excluding carboxylic acids is 2. The zero-order valence-electron chi connectivity index (χ0n) is 13.9. The molecular weight excluding hydrogens is 280 g/mol. The fourth-order valence-electron chi connectivity index (χ4n) is 3.51. The van der Waals surface area contributed by atoms with Crippen molar-refractivity contribution in [2.45, 2.75) is 51.5 Å². The van der Waals surface area contributed by atoms with Crippen molar-refractivity contribution in [2.24, 2.45) is 5.92 Å². The lowest BCUT2D eigenvalue weighted by Gasteiger charge is -2.49. The fourth-order valence-corrected chi connectivity index (χ4v) is 3.51. The van der Waals surface area contributed by atoms with Crippen LogP contribution in [-0.2, 0) is 4.79 Å². The normalized spacial score (nSPS) is 21.8. The van der Waals surface area contributed by atoms with Crippen molar-refractivity contribution in [3.8, 4) is 0 Å². The summed E-state index contributed by atoms with van der Waals surface area (Å²) in [5, 5.41) is 8.64. The monoisotopic (exact) mass is 310 g/mol. The molecule has 2 rings (SSSR count). The molecule has 126 valence electrons. The number of urea groups is 1. The molecule has 3 amide bonds. The number of piperazine rings is 1. The summed E-state index contributed by atoms with van der Waals surface area (Å²) < 4.78 is 0. The Balaban J connectivity index is 1.84. The van der Waals surface area contributed by atoms with Crippen LogP contribution in [0.3, 0.4) is 0 Å². The Morgan fingerprint density at radius 1 is 1.23 bits per heavy atom. The number of carbonyl (C=O) groups is 2. The van der Waals surface area contributed by atoms with E-state index in [-0.39, 0.29) is 17.5 Å². The van der Waals surface area contributed by atoms with Crippen molar-refractivity contribution in [3.05, 3.63) is 0 Å². The highest BCUT2D eigenvalue weighted by Gasteiger charge is 2.40. The zero-order chi connectivity index (χ0) is 16.0. The largest absolute Gasteiger partial charge is 0.338 e. The molecule has 0 aromatic heterocycles. The molecule has 0 aromatic rings. The number of nitrogens with zero attached hydrogens (tertiary/aromatic N) is 1. The molecule has 1 spiro atoms. The van der Waals surface area contributed by atoms with Gasteiger partial charge in [0.2, 0.25) is 5.91 Å². The standard InChI is InChI=1S/C16H30N4O2/c1-13(2)10-18-15(22)19-14(21)11-20-9-8-17-12-16(20)6-4-3-5-7-16/h13,17H,3-12H2,1-2H3,(H2,18,19,21,22). The molecule has 0 radical (unpaired) electrons. The second-order valence-corrected chi connectivity index (χ2v) is 7.04. The third-order valence-corrected chi connectivity index (χ3v) is 4.73. The van der Waals surface area contributed by atoms with Crippen molar-refractivity contribution in [1.82, 2.24) is 20.9 Å². The summed E-state index contributed by atoms with van der Waals surface area (Å²) in [6, 6.07) is -0.383. The molecule has 3 N–H and O–H groups in total. The molecule has 1 aliphatic carbocycles. The Labute approximate surface area is 133 Å². The van der Waals surface area contributed by atoms with Gasteiger partial charge < -0.3 is 10.6 Å². The lowest BCUT2D eigenvalue weighted by atomic mass is 9.79. The van der Waals surface area contributed by atoms with Gasteiger partial charge in [0.05, 0.1) is 6.54 Å². The van der Waals surface area contributed by atoms with E-state index in [0.717, 1.165) is 32.5 Å². The average molecular weight is 310 g/mol. The van der Waals surface area contributed by atoms with E-state index in [4.69, 9.17) is 0 Å². The minimum Gasteiger partial charge on any atom is -0.338 e. The number of hydrogen-bond donors (Lipinski definition) is 3. The Morgan fingerprint density at radius 2 is 1.95 bits per heavy atom. The molecule has 2 aliphatic rings. The van der Waals surface area contributed by atoms with E-state index in [1.54, 1.807) is 0 Å². The summed E-state index contributed by atoms with van der Waals surface area (Å²) in [6.07, 6.45) is 6.04. The maximum Gasteiger partial charge on any atom is 0.321 e. The van der Waals surface area contributed by atoms with Gasteiger partial charge in [-0.2, -0.15) is 0 Å². The summed E-state index contributed by atoms with van der Waals surface area (Å²) in [4.78, 5) is 26.1. The smallest absolute Gasteiger partial charge is 0.321 e. The van der Waals surface area contributed by atoms with Crippen LogP contribution in [0.5, 0.6) is 0 Å². The van der Waals surface area contributed by atoms with Gasteiger partial charge in [-0.15, -0.1) is 0 Å². The van der Waals surface area contributed by atoms with Crippen LogP contribution in [0, 0.1) is 5.92 Å². The molecule has 1 heterocycles. The van der Waals surface area contributed by atoms with E-state index in [2.05, 4.69) is 20.9 Å². The molecule has 0 unspecified atom stereocenters. The topological polar surface area (TPSA) is 73.5 Å². The number of amides is 3. The van der Waals surface area contributed by atoms with Crippen LogP contribution in [0.25, 0.3) is 0 Å². The number of nitrogens with one attached hydrogen (secondary N) is 3. The van der Waals surface area contributed by atoms with Crippen LogP contribution in [0.15, 0.2) is 0 Å². The summed E-state index contributed by atoms with van der Waals surface area (Å²) >= 11 is 0. The molecule has 1 saturated carbocycles. The van der Waals surface area contributed by atoms with E-state index in [1.165, 1.54) is 19.3 Å². The molecule has 6 nitrogen and oxygen atoms in total. The molecule has 1 saturated heterocycles. The molecule has 1 aliphatic heterocycles. The predicted molar refractivity (Wildman–Crippen MR) is 86.6 cm³/mol. The lowest BCUT2D eigenvalue weighted by molar-refractivity contribution is -0.123. The SMILES string of the molecule is CC(C)CNC(=O)NC(=O)CN1CCNCC12CCCCC2. The minimum atomic E-state index is -0.383. The average Bonchev–Trinajstić information content (AvgIpc) is 2.48. The van der Waals surface area contributed by atoms with Gasteiger partial charge in [-0.3, -0.25) is 15.0 Å². The van der Waals surface area contributed by atoms with Gasteiger partial charge in [-0.05, 0) is 18.8 Å². The van der Waals surface area contributed by atoms with Crippen molar-refractivity contribution >= 4 is 11.9 Å². The van der Waals surface area contributed by atoms with E-state index in [9.17, 15) is 9.59 Å². The van der Waals surface area contributed by atoms with Gasteiger partial charge in [0.15, 0.2) is 0 Å². The summed E-state index contributed by atoms with van der Waals surface area (Å²) in [5.41, 5.74) is 0.113. The first-order chi connectivity index (χ1) is 10.5. The summed E-state index contributed by atoms with van der Waals surface area (Å²) in [7, 11) is 0. The third-order valence-electron chi connectivity index (χ3n) is 4.73. The van der Waals surface area contributed by atoms with Crippen molar-refractivity contribution in [2.75, 3.05) is 32.7 Å². The van der Waals surface area contributed by atoms with Crippen molar-refractivity contribution in [3.63, 3.8) is 0 Å². The van der Waals surface area contributed by atoms with E-state index in [0.29, 0.717) is 19.0 Å². The molecule has 0 bridgehead atoms. The maximum absolute atomic E-state index is 12.2. The lowest BCUT2D eigenvalue weighted by Crippen LogP contribution is -2.63. The second-order valence-electron chi connectivity index (χ2n) is 7.04. The molecule has 0 aromatic carbocycles. The van der Waals surface area contributed by atoms with Crippen LogP contribution < -0.4 is 16.0 Å². The first-order valence-corrected chi connectivity index (χ1v) is 8.55. The van der Waals surface area contributed by atoms with Crippen LogP contribution in [-0.4, -0.2) is 55.1 Å². The van der Waals surface area contributed by atoms with Crippen molar-refractivity contribution < 1.29 is 9.59 Å². The van der Waals surface area contributed by atoms with Gasteiger partial charge in [-0.25, -0.2) is 4.79 Å². The molecule has 22 heavy (non-hydrogen) atoms. The van der Waals surface area contributed by atoms with Crippen molar-refractivity contribution in [1.29, 1.82) is 0 Å². The first kappa shape index (κ1) is 17.2. The maximum atomic E-state index is 12.2. The Morgan fingerprint density at radius 3 is 2.64 bits per heavy atom. The highest BCUT2D eigenvalue weighted by atomic mass is 16.2. The first-order valence-electron chi connectivity index (χ1n) is 8.55. The van der Waals surface area contributed by atoms with E-state index in [1.807, 2.05) is 13.8 Å². The highest BCUT2D eigenvalue weighted by Crippen LogP contribution is 2.34. The zero-order valence-corrected chi connectivity index (χ0v) is 13.9. The highest BCUT2D eigenvalue weighted by molar-refractivity contribution is 5.95. The van der Waals surface area contributed by atoms with Gasteiger partial charge in [-0.1, -0.05) is 33.1 Å². The molecular formula is C16H30N4O2. The molecule has 2 fully saturated rings. The number of hydrogen-bond acceptors (Lipinski definition) is 4. The predicted octanol–water partition coefficient (Wildman–Crippen LogP) is 1.08. The molecule has 0 atom stereocenters. The Kier molecular flexibility index (Phi) is 6.20. The van der Waals surface area contributed by atoms with Gasteiger partial charge in [0, 0.05) is 31.7 Å². The van der Waals surface area contributed by atoms with Crippen LogP contribution >= 0.6 is 0 Å². The van der Waals surface area contributed by atoms with Gasteiger partial charge >= 0.3 is 6.03 Å². The minimum absolute atomic E-state index is 0.113. The quantitative estimate of drug-likeness (QED) is 0.726. The van der Waals surface area contributed by atoms with E-state index >= 15 is 0 Å². The number of imide groups is 1. The molecule has 6 heteroatoms. The second kappa shape index (κ2) is 7.92. The Hall–Kier alpha value is -1.14. The fraction of sp³-hybridized carbons (Fsp3) is 0.875. The van der Waals surface area contributed by atoms with Crippen LogP contribution in [0.4, 0.5) is 4.79 Å². The van der Waals surface area contributed by atoms with E-state index < -0.39 is 0 Å². The van der Waals surface area contributed by atoms with Gasteiger partial charge in [0.1, 0.15) is 0 Å². The van der Waals surface area contributed by atoms with Gasteiger partial charge in [0.25, 0.3) is 0 Å².